The van der Waals surface area contributed by atoms with Crippen LogP contribution in [0.1, 0.15) is 0 Å². The number of fused-ring (bicyclic) bond motifs is 1. The standard InChI is InChI=1S/C13H8BrNO/c14-10-6-7-11-12(8-10)15-16-13(11)9-4-2-1-3-5-9/h1-8H. The van der Waals surface area contributed by atoms with Gasteiger partial charge in [0.1, 0.15) is 5.52 Å². The van der Waals surface area contributed by atoms with Crippen molar-refractivity contribution in [3.8, 4) is 11.3 Å². The van der Waals surface area contributed by atoms with Crippen LogP contribution in [0.25, 0.3) is 22.2 Å². The minimum atomic E-state index is 0.822. The zero-order valence-corrected chi connectivity index (χ0v) is 9.94. The van der Waals surface area contributed by atoms with Crippen molar-refractivity contribution < 1.29 is 4.52 Å². The summed E-state index contributed by atoms with van der Waals surface area (Å²) in [5.74, 6) is 0.822. The van der Waals surface area contributed by atoms with Crippen molar-refractivity contribution in [2.24, 2.45) is 0 Å². The zero-order chi connectivity index (χ0) is 11.0. The van der Waals surface area contributed by atoms with Gasteiger partial charge in [-0.15, -0.1) is 0 Å². The molecular weight excluding hydrogens is 266 g/mol. The molecule has 0 radical (unpaired) electrons. The normalized spacial score (nSPS) is 10.8. The predicted octanol–water partition coefficient (Wildman–Crippen LogP) is 4.26. The second-order valence-electron chi connectivity index (χ2n) is 3.54. The van der Waals surface area contributed by atoms with Crippen LogP contribution in [-0.4, -0.2) is 5.16 Å². The number of hydrogen-bond donors (Lipinski definition) is 0. The average molecular weight is 274 g/mol. The van der Waals surface area contributed by atoms with E-state index in [9.17, 15) is 0 Å². The van der Waals surface area contributed by atoms with Crippen LogP contribution in [0, 0.1) is 0 Å². The molecule has 0 amide bonds. The van der Waals surface area contributed by atoms with Crippen molar-refractivity contribution >= 4 is 26.8 Å². The Labute approximate surface area is 101 Å². The third kappa shape index (κ3) is 1.53. The van der Waals surface area contributed by atoms with Gasteiger partial charge in [0.05, 0.1) is 0 Å². The van der Waals surface area contributed by atoms with Crippen molar-refractivity contribution in [3.05, 3.63) is 53.0 Å². The van der Waals surface area contributed by atoms with Crippen LogP contribution < -0.4 is 0 Å². The van der Waals surface area contributed by atoms with Crippen LogP contribution in [0.4, 0.5) is 0 Å². The van der Waals surface area contributed by atoms with Gasteiger partial charge < -0.3 is 4.52 Å². The summed E-state index contributed by atoms with van der Waals surface area (Å²) in [6.45, 7) is 0. The van der Waals surface area contributed by atoms with E-state index in [0.29, 0.717) is 0 Å². The minimum absolute atomic E-state index is 0.822. The molecule has 0 saturated heterocycles. The summed E-state index contributed by atoms with van der Waals surface area (Å²) < 4.78 is 6.39. The summed E-state index contributed by atoms with van der Waals surface area (Å²) in [5, 5.41) is 5.09. The van der Waals surface area contributed by atoms with Crippen LogP contribution in [0.15, 0.2) is 57.5 Å². The molecule has 0 aliphatic rings. The first kappa shape index (κ1) is 9.60. The van der Waals surface area contributed by atoms with Gasteiger partial charge in [-0.2, -0.15) is 0 Å². The lowest BCUT2D eigenvalue weighted by atomic mass is 10.1. The molecule has 0 aliphatic carbocycles. The Morgan fingerprint density at radius 2 is 1.81 bits per heavy atom. The van der Waals surface area contributed by atoms with Crippen molar-refractivity contribution in [2.45, 2.75) is 0 Å². The van der Waals surface area contributed by atoms with Crippen LogP contribution in [0.3, 0.4) is 0 Å². The lowest BCUT2D eigenvalue weighted by Crippen LogP contribution is -1.73. The van der Waals surface area contributed by atoms with Gasteiger partial charge in [-0.1, -0.05) is 51.4 Å². The highest BCUT2D eigenvalue weighted by molar-refractivity contribution is 9.10. The summed E-state index contributed by atoms with van der Waals surface area (Å²) in [4.78, 5) is 0. The molecule has 1 aromatic heterocycles. The fourth-order valence-electron chi connectivity index (χ4n) is 1.71. The quantitative estimate of drug-likeness (QED) is 0.662. The molecule has 1 heterocycles. The molecule has 3 rings (SSSR count). The van der Waals surface area contributed by atoms with E-state index in [0.717, 1.165) is 26.7 Å². The van der Waals surface area contributed by atoms with E-state index in [4.69, 9.17) is 4.52 Å². The molecule has 0 saturated carbocycles. The number of nitrogens with zero attached hydrogens (tertiary/aromatic N) is 1. The largest absolute Gasteiger partial charge is 0.355 e. The molecular formula is C13H8BrNO. The molecule has 0 unspecified atom stereocenters. The van der Waals surface area contributed by atoms with E-state index < -0.39 is 0 Å². The molecule has 0 bridgehead atoms. The summed E-state index contributed by atoms with van der Waals surface area (Å²) in [7, 11) is 0. The molecule has 0 spiro atoms. The highest BCUT2D eigenvalue weighted by atomic mass is 79.9. The first-order chi connectivity index (χ1) is 7.84. The number of benzene rings is 2. The SMILES string of the molecule is Brc1ccc2c(-c3ccccc3)onc2c1. The Bertz CT molecular complexity index is 631. The molecule has 0 aliphatic heterocycles. The van der Waals surface area contributed by atoms with Crippen molar-refractivity contribution in [1.29, 1.82) is 0 Å². The van der Waals surface area contributed by atoms with E-state index in [1.54, 1.807) is 0 Å². The third-order valence-electron chi connectivity index (χ3n) is 2.48. The summed E-state index contributed by atoms with van der Waals surface area (Å²) in [5.41, 5.74) is 1.92. The molecule has 2 nitrogen and oxygen atoms in total. The van der Waals surface area contributed by atoms with Crippen LogP contribution in [0.5, 0.6) is 0 Å². The Balaban J connectivity index is 2.26. The summed E-state index contributed by atoms with van der Waals surface area (Å²) >= 11 is 3.42. The van der Waals surface area contributed by atoms with Crippen molar-refractivity contribution in [3.63, 3.8) is 0 Å². The Hall–Kier alpha value is -1.61. The first-order valence-electron chi connectivity index (χ1n) is 4.95. The van der Waals surface area contributed by atoms with Gasteiger partial charge in [-0.3, -0.25) is 0 Å². The van der Waals surface area contributed by atoms with E-state index in [-0.39, 0.29) is 0 Å². The molecule has 3 heteroatoms. The topological polar surface area (TPSA) is 26.0 Å². The maximum atomic E-state index is 5.39. The van der Waals surface area contributed by atoms with Gasteiger partial charge in [0, 0.05) is 15.4 Å². The molecule has 16 heavy (non-hydrogen) atoms. The van der Waals surface area contributed by atoms with E-state index >= 15 is 0 Å². The van der Waals surface area contributed by atoms with E-state index in [1.807, 2.05) is 48.5 Å². The van der Waals surface area contributed by atoms with Crippen LogP contribution >= 0.6 is 15.9 Å². The Morgan fingerprint density at radius 3 is 2.62 bits per heavy atom. The second kappa shape index (κ2) is 3.76. The average Bonchev–Trinajstić information content (AvgIpc) is 2.73. The first-order valence-corrected chi connectivity index (χ1v) is 5.74. The highest BCUT2D eigenvalue weighted by Gasteiger charge is 2.09. The molecule has 0 atom stereocenters. The minimum Gasteiger partial charge on any atom is -0.355 e. The Kier molecular flexibility index (Phi) is 2.26. The fourth-order valence-corrected chi connectivity index (χ4v) is 2.06. The summed E-state index contributed by atoms with van der Waals surface area (Å²) in [6.07, 6.45) is 0. The smallest absolute Gasteiger partial charge is 0.174 e. The van der Waals surface area contributed by atoms with E-state index in [2.05, 4.69) is 21.1 Å². The second-order valence-corrected chi connectivity index (χ2v) is 4.45. The monoisotopic (exact) mass is 273 g/mol. The van der Waals surface area contributed by atoms with Crippen LogP contribution in [-0.2, 0) is 0 Å². The lowest BCUT2D eigenvalue weighted by Gasteiger charge is -1.95. The molecule has 2 aromatic carbocycles. The maximum absolute atomic E-state index is 5.39. The maximum Gasteiger partial charge on any atom is 0.174 e. The molecule has 0 fully saturated rings. The van der Waals surface area contributed by atoms with Gasteiger partial charge in [0.15, 0.2) is 5.76 Å². The molecule has 78 valence electrons. The van der Waals surface area contributed by atoms with Gasteiger partial charge in [0.2, 0.25) is 0 Å². The van der Waals surface area contributed by atoms with Gasteiger partial charge >= 0.3 is 0 Å². The number of aromatic nitrogens is 1. The number of hydrogen-bond acceptors (Lipinski definition) is 2. The van der Waals surface area contributed by atoms with Crippen molar-refractivity contribution in [1.82, 2.24) is 5.16 Å². The molecule has 0 N–H and O–H groups in total. The van der Waals surface area contributed by atoms with Crippen molar-refractivity contribution in [2.75, 3.05) is 0 Å². The zero-order valence-electron chi connectivity index (χ0n) is 8.35. The van der Waals surface area contributed by atoms with Gasteiger partial charge in [-0.25, -0.2) is 0 Å². The predicted molar refractivity (Wildman–Crippen MR) is 67.1 cm³/mol. The van der Waals surface area contributed by atoms with Gasteiger partial charge in [-0.05, 0) is 18.2 Å². The fraction of sp³-hybridized carbons (Fsp3) is 0. The third-order valence-corrected chi connectivity index (χ3v) is 2.97. The number of halogens is 1. The molecule has 3 aromatic rings. The lowest BCUT2D eigenvalue weighted by molar-refractivity contribution is 0.441. The highest BCUT2D eigenvalue weighted by Crippen LogP contribution is 2.29. The Morgan fingerprint density at radius 1 is 1.00 bits per heavy atom. The number of rotatable bonds is 1. The van der Waals surface area contributed by atoms with Gasteiger partial charge in [0.25, 0.3) is 0 Å². The van der Waals surface area contributed by atoms with Crippen LogP contribution in [0.2, 0.25) is 0 Å². The van der Waals surface area contributed by atoms with E-state index in [1.165, 1.54) is 0 Å². The summed E-state index contributed by atoms with van der Waals surface area (Å²) in [6, 6.07) is 15.9.